The van der Waals surface area contributed by atoms with Crippen LogP contribution >= 0.6 is 22.9 Å². The molecule has 1 aromatic carbocycles. The quantitative estimate of drug-likeness (QED) is 0.462. The number of hydrogen-bond donors (Lipinski definition) is 2. The molecule has 1 atom stereocenters. The van der Waals surface area contributed by atoms with Gasteiger partial charge in [0.15, 0.2) is 10.3 Å². The number of sulfone groups is 1. The number of aromatic amines is 1. The summed E-state index contributed by atoms with van der Waals surface area (Å²) in [6.45, 7) is 2.58. The maximum Gasteiger partial charge on any atom is 0.253 e. The number of pyridine rings is 1. The number of rotatable bonds is 7. The summed E-state index contributed by atoms with van der Waals surface area (Å²) in [6, 6.07) is 7.06. The minimum absolute atomic E-state index is 0.0206. The average molecular weight is 540 g/mol. The van der Waals surface area contributed by atoms with Gasteiger partial charge in [0.25, 0.3) is 5.56 Å². The molecule has 35 heavy (non-hydrogen) atoms. The first-order valence-electron chi connectivity index (χ1n) is 10.9. The predicted molar refractivity (Wildman–Crippen MR) is 130 cm³/mol. The van der Waals surface area contributed by atoms with E-state index in [9.17, 15) is 22.4 Å². The number of hydrogen-bond acceptors (Lipinski definition) is 7. The van der Waals surface area contributed by atoms with Crippen LogP contribution in [-0.2, 0) is 19.4 Å². The van der Waals surface area contributed by atoms with E-state index in [1.807, 2.05) is 0 Å². The number of H-pyrrole nitrogens is 1. The van der Waals surface area contributed by atoms with Crippen molar-refractivity contribution >= 4 is 43.8 Å². The number of nitrogens with one attached hydrogen (secondary N) is 2. The van der Waals surface area contributed by atoms with Crippen LogP contribution in [0.5, 0.6) is 0 Å². The number of anilines is 1. The van der Waals surface area contributed by atoms with E-state index in [0.29, 0.717) is 43.1 Å². The topological polar surface area (TPSA) is 118 Å². The lowest BCUT2D eigenvalue weighted by Crippen LogP contribution is -2.32. The van der Waals surface area contributed by atoms with Crippen LogP contribution in [0.25, 0.3) is 0 Å². The molecule has 2 aromatic heterocycles. The lowest BCUT2D eigenvalue weighted by Gasteiger charge is -2.27. The number of thiazole rings is 1. The summed E-state index contributed by atoms with van der Waals surface area (Å²) in [5.74, 6) is -1.74. The van der Waals surface area contributed by atoms with Crippen molar-refractivity contribution in [2.24, 2.45) is 5.92 Å². The van der Waals surface area contributed by atoms with Crippen molar-refractivity contribution in [3.8, 4) is 0 Å². The zero-order chi connectivity index (χ0) is 25.2. The van der Waals surface area contributed by atoms with E-state index in [-0.39, 0.29) is 37.8 Å². The zero-order valence-corrected chi connectivity index (χ0v) is 21.1. The number of aryl methyl sites for hydroxylation is 1. The van der Waals surface area contributed by atoms with Gasteiger partial charge in [0.2, 0.25) is 15.7 Å². The van der Waals surface area contributed by atoms with Crippen molar-refractivity contribution in [3.63, 3.8) is 0 Å². The molecule has 8 nitrogen and oxygen atoms in total. The third-order valence-corrected chi connectivity index (χ3v) is 8.57. The summed E-state index contributed by atoms with van der Waals surface area (Å²) in [7, 11) is -4.21. The highest BCUT2D eigenvalue weighted by molar-refractivity contribution is 7.91. The van der Waals surface area contributed by atoms with E-state index in [2.05, 4.69) is 15.3 Å². The van der Waals surface area contributed by atoms with Gasteiger partial charge in [-0.1, -0.05) is 29.0 Å². The normalized spacial score (nSPS) is 15.6. The summed E-state index contributed by atoms with van der Waals surface area (Å²) in [5, 5.41) is 2.20. The highest BCUT2D eigenvalue weighted by atomic mass is 35.5. The molecule has 4 rings (SSSR count). The molecule has 0 spiro atoms. The van der Waals surface area contributed by atoms with Crippen LogP contribution in [0.1, 0.15) is 36.4 Å². The van der Waals surface area contributed by atoms with Crippen LogP contribution in [-0.4, -0.2) is 37.5 Å². The Morgan fingerprint density at radius 2 is 2.09 bits per heavy atom. The van der Waals surface area contributed by atoms with Gasteiger partial charge in [0, 0.05) is 29.5 Å². The van der Waals surface area contributed by atoms with E-state index < -0.39 is 32.4 Å². The van der Waals surface area contributed by atoms with Crippen LogP contribution in [0.3, 0.4) is 0 Å². The van der Waals surface area contributed by atoms with Crippen LogP contribution in [0.2, 0.25) is 5.02 Å². The molecule has 3 heterocycles. The van der Waals surface area contributed by atoms with E-state index in [1.165, 1.54) is 24.3 Å². The van der Waals surface area contributed by atoms with E-state index in [4.69, 9.17) is 16.3 Å². The van der Waals surface area contributed by atoms with Gasteiger partial charge < -0.3 is 15.0 Å². The van der Waals surface area contributed by atoms with Crippen molar-refractivity contribution in [2.45, 2.75) is 41.9 Å². The Kier molecular flexibility index (Phi) is 7.70. The first kappa shape index (κ1) is 25.5. The Labute approximate surface area is 210 Å². The monoisotopic (exact) mass is 539 g/mol. The predicted octanol–water partition coefficient (Wildman–Crippen LogP) is 4.30. The highest BCUT2D eigenvalue weighted by Gasteiger charge is 2.35. The number of aromatic nitrogens is 2. The molecule has 1 fully saturated rings. The maximum absolute atomic E-state index is 13.7. The number of halogens is 2. The minimum atomic E-state index is -4.21. The minimum Gasteiger partial charge on any atom is -0.381 e. The number of ether oxygens (including phenoxy) is 1. The standard InChI is InChI=1S/C23H23ClFN3O5S2/c1-13-9-18(35(31,32)16-4-2-3-15(24)11-16)20(22(30)27-13)17(10-14-5-7-33-8-6-14)21(29)28-23-26-12-19(25)34-23/h2-4,9,11-12,14,17H,5-8,10H2,1H3,(H,27,30)(H,26,28,29)/t17-/m1/s1. The molecule has 1 saturated heterocycles. The van der Waals surface area contributed by atoms with Gasteiger partial charge >= 0.3 is 0 Å². The molecule has 0 radical (unpaired) electrons. The van der Waals surface area contributed by atoms with Gasteiger partial charge in [-0.05, 0) is 56.4 Å². The van der Waals surface area contributed by atoms with E-state index in [0.717, 1.165) is 6.20 Å². The second-order valence-electron chi connectivity index (χ2n) is 8.32. The summed E-state index contributed by atoms with van der Waals surface area (Å²) in [6.07, 6.45) is 2.51. The molecule has 1 aliphatic rings. The van der Waals surface area contributed by atoms with E-state index in [1.54, 1.807) is 13.0 Å². The molecule has 3 aromatic rings. The summed E-state index contributed by atoms with van der Waals surface area (Å²) in [4.78, 5) is 32.8. The molecule has 1 amide bonds. The van der Waals surface area contributed by atoms with Gasteiger partial charge in [0.05, 0.1) is 21.9 Å². The molecular weight excluding hydrogens is 517 g/mol. The van der Waals surface area contributed by atoms with Gasteiger partial charge in [-0.2, -0.15) is 4.39 Å². The molecule has 2 N–H and O–H groups in total. The Morgan fingerprint density at radius 3 is 2.74 bits per heavy atom. The smallest absolute Gasteiger partial charge is 0.253 e. The first-order valence-corrected chi connectivity index (χ1v) is 13.6. The molecule has 1 aliphatic heterocycles. The summed E-state index contributed by atoms with van der Waals surface area (Å²) in [5.41, 5.74) is -0.522. The van der Waals surface area contributed by atoms with E-state index >= 15 is 0 Å². The fraction of sp³-hybridized carbons (Fsp3) is 0.348. The van der Waals surface area contributed by atoms with Crippen LogP contribution in [0.15, 0.2) is 51.1 Å². The fourth-order valence-corrected chi connectivity index (χ4v) is 6.61. The molecule has 186 valence electrons. The fourth-order valence-electron chi connectivity index (χ4n) is 4.16. The maximum atomic E-state index is 13.7. The molecule has 0 saturated carbocycles. The summed E-state index contributed by atoms with van der Waals surface area (Å²) < 4.78 is 46.2. The van der Waals surface area contributed by atoms with Crippen LogP contribution in [0.4, 0.5) is 9.52 Å². The van der Waals surface area contributed by atoms with Gasteiger partial charge in [-0.15, -0.1) is 0 Å². The highest BCUT2D eigenvalue weighted by Crippen LogP contribution is 2.35. The lowest BCUT2D eigenvalue weighted by molar-refractivity contribution is -0.118. The third kappa shape index (κ3) is 5.80. The van der Waals surface area contributed by atoms with Crippen molar-refractivity contribution in [1.29, 1.82) is 0 Å². The molecule has 0 aliphatic carbocycles. The first-order chi connectivity index (χ1) is 16.6. The number of amides is 1. The van der Waals surface area contributed by atoms with Gasteiger partial charge in [-0.3, -0.25) is 9.59 Å². The Balaban J connectivity index is 1.84. The van der Waals surface area contributed by atoms with Crippen molar-refractivity contribution in [3.05, 3.63) is 68.3 Å². The van der Waals surface area contributed by atoms with Gasteiger partial charge in [0.1, 0.15) is 0 Å². The largest absolute Gasteiger partial charge is 0.381 e. The zero-order valence-electron chi connectivity index (χ0n) is 18.7. The Morgan fingerprint density at radius 1 is 1.34 bits per heavy atom. The molecule has 0 bridgehead atoms. The average Bonchev–Trinajstić information content (AvgIpc) is 3.22. The second kappa shape index (κ2) is 10.6. The summed E-state index contributed by atoms with van der Waals surface area (Å²) >= 11 is 6.67. The van der Waals surface area contributed by atoms with Crippen molar-refractivity contribution in [2.75, 3.05) is 18.5 Å². The molecule has 12 heteroatoms. The van der Waals surface area contributed by atoms with Crippen molar-refractivity contribution < 1.29 is 22.3 Å². The number of carbonyl (C=O) groups is 1. The van der Waals surface area contributed by atoms with Crippen molar-refractivity contribution in [1.82, 2.24) is 9.97 Å². The lowest BCUT2D eigenvalue weighted by atomic mass is 9.84. The molecule has 0 unspecified atom stereocenters. The Bertz CT molecular complexity index is 1400. The Hall–Kier alpha value is -2.60. The van der Waals surface area contributed by atoms with Crippen LogP contribution < -0.4 is 10.9 Å². The number of carbonyl (C=O) groups excluding carboxylic acids is 1. The SMILES string of the molecule is Cc1cc(S(=O)(=O)c2cccc(Cl)c2)c([C@@H](CC2CCOCC2)C(=O)Nc2ncc(F)s2)c(=O)[nH]1. The second-order valence-corrected chi connectivity index (χ2v) is 11.7. The third-order valence-electron chi connectivity index (χ3n) is 5.85. The van der Waals surface area contributed by atoms with Gasteiger partial charge in [-0.25, -0.2) is 13.4 Å². The molecular formula is C23H23ClFN3O5S2. The van der Waals surface area contributed by atoms with Crippen LogP contribution in [0, 0.1) is 18.0 Å². The number of nitrogens with zero attached hydrogens (tertiary/aromatic N) is 1. The number of benzene rings is 1.